The number of halogens is 1. The summed E-state index contributed by atoms with van der Waals surface area (Å²) in [6.07, 6.45) is 0.200. The molecular formula is C12H11ClN4O. The molecule has 0 saturated heterocycles. The predicted octanol–water partition coefficient (Wildman–Crippen LogP) is 2.01. The number of pyridine rings is 1. The van der Waals surface area contributed by atoms with Gasteiger partial charge in [0.1, 0.15) is 0 Å². The van der Waals surface area contributed by atoms with Crippen molar-refractivity contribution in [1.29, 1.82) is 0 Å². The molecule has 2 rings (SSSR count). The second-order valence-electron chi connectivity index (χ2n) is 3.74. The van der Waals surface area contributed by atoms with Gasteiger partial charge in [-0.3, -0.25) is 9.78 Å². The molecule has 0 aromatic carbocycles. The summed E-state index contributed by atoms with van der Waals surface area (Å²) in [7, 11) is 0. The Bertz CT molecular complexity index is 556. The number of carbonyl (C=O) groups excluding carboxylic acids is 1. The Balaban J connectivity index is 1.98. The first-order chi connectivity index (χ1) is 8.63. The Morgan fingerprint density at radius 3 is 2.78 bits per heavy atom. The van der Waals surface area contributed by atoms with Gasteiger partial charge in [0.15, 0.2) is 11.0 Å². The monoisotopic (exact) mass is 262 g/mol. The topological polar surface area (TPSA) is 67.8 Å². The van der Waals surface area contributed by atoms with Crippen molar-refractivity contribution in [3.8, 4) is 0 Å². The van der Waals surface area contributed by atoms with Crippen molar-refractivity contribution >= 4 is 23.3 Å². The van der Waals surface area contributed by atoms with Gasteiger partial charge in [-0.05, 0) is 31.2 Å². The molecule has 18 heavy (non-hydrogen) atoms. The van der Waals surface area contributed by atoms with Crippen LogP contribution in [0.2, 0.25) is 5.15 Å². The largest absolute Gasteiger partial charge is 0.309 e. The summed E-state index contributed by atoms with van der Waals surface area (Å²) < 4.78 is 0. The lowest BCUT2D eigenvalue weighted by Gasteiger charge is -2.03. The molecule has 0 aliphatic carbocycles. The number of anilines is 1. The van der Waals surface area contributed by atoms with Crippen LogP contribution in [0, 0.1) is 6.92 Å². The first-order valence-corrected chi connectivity index (χ1v) is 5.73. The quantitative estimate of drug-likeness (QED) is 0.919. The van der Waals surface area contributed by atoms with Crippen LogP contribution < -0.4 is 5.32 Å². The lowest BCUT2D eigenvalue weighted by atomic mass is 10.2. The van der Waals surface area contributed by atoms with E-state index in [2.05, 4.69) is 20.5 Å². The van der Waals surface area contributed by atoms with E-state index in [-0.39, 0.29) is 17.5 Å². The molecule has 0 aliphatic rings. The van der Waals surface area contributed by atoms with E-state index in [4.69, 9.17) is 11.6 Å². The maximum Gasteiger partial charge on any atom is 0.231 e. The number of amides is 1. The van der Waals surface area contributed by atoms with Gasteiger partial charge in [0.2, 0.25) is 5.91 Å². The van der Waals surface area contributed by atoms with Crippen molar-refractivity contribution in [3.63, 3.8) is 0 Å². The van der Waals surface area contributed by atoms with Crippen molar-refractivity contribution < 1.29 is 4.79 Å². The Labute approximate surface area is 109 Å². The molecule has 2 aromatic rings. The van der Waals surface area contributed by atoms with Crippen LogP contribution in [0.1, 0.15) is 11.4 Å². The van der Waals surface area contributed by atoms with Crippen molar-refractivity contribution in [3.05, 3.63) is 46.9 Å². The van der Waals surface area contributed by atoms with Crippen LogP contribution in [0.15, 0.2) is 30.3 Å². The fourth-order valence-corrected chi connectivity index (χ4v) is 1.53. The maximum absolute atomic E-state index is 11.7. The molecule has 0 radical (unpaired) electrons. The molecule has 0 atom stereocenters. The number of nitrogens with one attached hydrogen (secondary N) is 1. The van der Waals surface area contributed by atoms with E-state index in [0.29, 0.717) is 5.82 Å². The minimum Gasteiger partial charge on any atom is -0.309 e. The second kappa shape index (κ2) is 5.55. The van der Waals surface area contributed by atoms with E-state index in [1.54, 1.807) is 18.2 Å². The van der Waals surface area contributed by atoms with E-state index >= 15 is 0 Å². The van der Waals surface area contributed by atoms with Crippen molar-refractivity contribution in [2.75, 3.05) is 5.32 Å². The minimum atomic E-state index is -0.190. The van der Waals surface area contributed by atoms with Gasteiger partial charge in [-0.15, -0.1) is 10.2 Å². The smallest absolute Gasteiger partial charge is 0.231 e. The molecule has 6 heteroatoms. The van der Waals surface area contributed by atoms with Gasteiger partial charge in [0.05, 0.1) is 6.42 Å². The predicted molar refractivity (Wildman–Crippen MR) is 68.3 cm³/mol. The number of carbonyl (C=O) groups is 1. The maximum atomic E-state index is 11.7. The average Bonchev–Trinajstić information content (AvgIpc) is 2.32. The van der Waals surface area contributed by atoms with Gasteiger partial charge in [0.25, 0.3) is 0 Å². The summed E-state index contributed by atoms with van der Waals surface area (Å²) in [6, 6.07) is 8.71. The summed E-state index contributed by atoms with van der Waals surface area (Å²) in [5.74, 6) is 0.182. The number of aromatic nitrogens is 3. The molecule has 0 bridgehead atoms. The standard InChI is InChI=1S/C12H11ClN4O/c1-8-3-2-4-9(14-8)7-12(18)15-11-6-5-10(13)16-17-11/h2-6H,7H2,1H3,(H,15,17,18). The first kappa shape index (κ1) is 12.4. The van der Waals surface area contributed by atoms with Crippen LogP contribution >= 0.6 is 11.6 Å². The third-order valence-corrected chi connectivity index (χ3v) is 2.39. The number of nitrogens with zero attached hydrogens (tertiary/aromatic N) is 3. The van der Waals surface area contributed by atoms with Crippen LogP contribution in [-0.4, -0.2) is 21.1 Å². The second-order valence-corrected chi connectivity index (χ2v) is 4.12. The van der Waals surface area contributed by atoms with Crippen LogP contribution in [-0.2, 0) is 11.2 Å². The highest BCUT2D eigenvalue weighted by Gasteiger charge is 2.06. The Hall–Kier alpha value is -2.01. The lowest BCUT2D eigenvalue weighted by molar-refractivity contribution is -0.115. The summed E-state index contributed by atoms with van der Waals surface area (Å²) >= 11 is 5.60. The zero-order valence-corrected chi connectivity index (χ0v) is 10.5. The highest BCUT2D eigenvalue weighted by atomic mass is 35.5. The fourth-order valence-electron chi connectivity index (χ4n) is 1.43. The van der Waals surface area contributed by atoms with Gasteiger partial charge < -0.3 is 5.32 Å². The zero-order valence-electron chi connectivity index (χ0n) is 9.72. The third-order valence-electron chi connectivity index (χ3n) is 2.19. The normalized spacial score (nSPS) is 10.1. The van der Waals surface area contributed by atoms with Gasteiger partial charge in [0, 0.05) is 11.4 Å². The van der Waals surface area contributed by atoms with Gasteiger partial charge >= 0.3 is 0 Å². The molecule has 0 saturated carbocycles. The number of hydrogen-bond acceptors (Lipinski definition) is 4. The van der Waals surface area contributed by atoms with E-state index < -0.39 is 0 Å². The van der Waals surface area contributed by atoms with Crippen LogP contribution in [0.4, 0.5) is 5.82 Å². The van der Waals surface area contributed by atoms with Gasteiger partial charge in [-0.2, -0.15) is 0 Å². The molecule has 2 heterocycles. The summed E-state index contributed by atoms with van der Waals surface area (Å²) in [5, 5.41) is 10.3. The fraction of sp³-hybridized carbons (Fsp3) is 0.167. The number of hydrogen-bond donors (Lipinski definition) is 1. The van der Waals surface area contributed by atoms with E-state index in [9.17, 15) is 4.79 Å². The molecular weight excluding hydrogens is 252 g/mol. The van der Waals surface area contributed by atoms with Crippen molar-refractivity contribution in [2.45, 2.75) is 13.3 Å². The molecule has 5 nitrogen and oxygen atoms in total. The van der Waals surface area contributed by atoms with Crippen LogP contribution in [0.5, 0.6) is 0 Å². The molecule has 2 aromatic heterocycles. The minimum absolute atomic E-state index is 0.190. The Morgan fingerprint density at radius 2 is 2.11 bits per heavy atom. The average molecular weight is 263 g/mol. The molecule has 92 valence electrons. The van der Waals surface area contributed by atoms with Gasteiger partial charge in [-0.25, -0.2) is 0 Å². The van der Waals surface area contributed by atoms with Crippen molar-refractivity contribution in [2.24, 2.45) is 0 Å². The Kier molecular flexibility index (Phi) is 3.84. The summed E-state index contributed by atoms with van der Waals surface area (Å²) in [4.78, 5) is 16.0. The number of rotatable bonds is 3. The van der Waals surface area contributed by atoms with E-state index in [1.807, 2.05) is 19.1 Å². The molecule has 1 N–H and O–H groups in total. The third kappa shape index (κ3) is 3.49. The first-order valence-electron chi connectivity index (χ1n) is 5.35. The highest BCUT2D eigenvalue weighted by molar-refractivity contribution is 6.29. The molecule has 0 fully saturated rings. The molecule has 0 unspecified atom stereocenters. The highest BCUT2D eigenvalue weighted by Crippen LogP contribution is 2.07. The van der Waals surface area contributed by atoms with Crippen LogP contribution in [0.3, 0.4) is 0 Å². The molecule has 0 aliphatic heterocycles. The summed E-state index contributed by atoms with van der Waals surface area (Å²) in [6.45, 7) is 1.88. The zero-order chi connectivity index (χ0) is 13.0. The lowest BCUT2D eigenvalue weighted by Crippen LogP contribution is -2.16. The molecule has 0 spiro atoms. The van der Waals surface area contributed by atoms with Crippen LogP contribution in [0.25, 0.3) is 0 Å². The van der Waals surface area contributed by atoms with Gasteiger partial charge in [-0.1, -0.05) is 17.7 Å². The summed E-state index contributed by atoms with van der Waals surface area (Å²) in [5.41, 5.74) is 1.60. The van der Waals surface area contributed by atoms with E-state index in [1.165, 1.54) is 0 Å². The van der Waals surface area contributed by atoms with E-state index in [0.717, 1.165) is 11.4 Å². The van der Waals surface area contributed by atoms with Crippen molar-refractivity contribution in [1.82, 2.24) is 15.2 Å². The molecule has 1 amide bonds. The number of aryl methyl sites for hydroxylation is 1. The SMILES string of the molecule is Cc1cccc(CC(=O)Nc2ccc(Cl)nn2)n1. The Morgan fingerprint density at radius 1 is 1.28 bits per heavy atom.